The van der Waals surface area contributed by atoms with Crippen molar-refractivity contribution in [2.24, 2.45) is 0 Å². The van der Waals surface area contributed by atoms with Gasteiger partial charge in [-0.25, -0.2) is 4.39 Å². The van der Waals surface area contributed by atoms with Crippen molar-refractivity contribution in [2.75, 3.05) is 5.32 Å². The molecular formula is C14H19FN2O. The second-order valence-electron chi connectivity index (χ2n) is 5.00. The van der Waals surface area contributed by atoms with Crippen molar-refractivity contribution in [3.8, 4) is 0 Å². The summed E-state index contributed by atoms with van der Waals surface area (Å²) in [6, 6.07) is 4.63. The molecule has 0 saturated carbocycles. The van der Waals surface area contributed by atoms with Crippen molar-refractivity contribution in [3.05, 3.63) is 29.6 Å². The van der Waals surface area contributed by atoms with Crippen LogP contribution in [0.25, 0.3) is 0 Å². The number of nitrogens with one attached hydrogen (secondary N) is 2. The number of amides is 1. The molecule has 18 heavy (non-hydrogen) atoms. The highest BCUT2D eigenvalue weighted by atomic mass is 19.1. The van der Waals surface area contributed by atoms with Gasteiger partial charge in [0.25, 0.3) is 0 Å². The number of piperidine rings is 1. The lowest BCUT2D eigenvalue weighted by Gasteiger charge is -2.28. The van der Waals surface area contributed by atoms with E-state index >= 15 is 0 Å². The van der Waals surface area contributed by atoms with E-state index in [9.17, 15) is 9.18 Å². The van der Waals surface area contributed by atoms with Gasteiger partial charge < -0.3 is 10.6 Å². The van der Waals surface area contributed by atoms with E-state index in [1.165, 1.54) is 12.1 Å². The summed E-state index contributed by atoms with van der Waals surface area (Å²) in [6.07, 6.45) is 3.03. The zero-order valence-electron chi connectivity index (χ0n) is 10.8. The SMILES string of the molecule is Cc1cc(F)ccc1NC(=O)C1CCCC(C)N1. The van der Waals surface area contributed by atoms with Crippen molar-refractivity contribution in [1.29, 1.82) is 0 Å². The van der Waals surface area contributed by atoms with Crippen LogP contribution in [0, 0.1) is 12.7 Å². The van der Waals surface area contributed by atoms with E-state index in [1.54, 1.807) is 13.0 Å². The Morgan fingerprint density at radius 3 is 2.89 bits per heavy atom. The van der Waals surface area contributed by atoms with Gasteiger partial charge in [-0.05, 0) is 56.9 Å². The lowest BCUT2D eigenvalue weighted by molar-refractivity contribution is -0.118. The topological polar surface area (TPSA) is 41.1 Å². The van der Waals surface area contributed by atoms with Crippen LogP contribution in [-0.4, -0.2) is 18.0 Å². The number of carbonyl (C=O) groups is 1. The van der Waals surface area contributed by atoms with Crippen LogP contribution in [0.15, 0.2) is 18.2 Å². The Bertz CT molecular complexity index is 447. The third kappa shape index (κ3) is 3.07. The van der Waals surface area contributed by atoms with Crippen LogP contribution in [0.3, 0.4) is 0 Å². The lowest BCUT2D eigenvalue weighted by atomic mass is 9.99. The van der Waals surface area contributed by atoms with E-state index in [4.69, 9.17) is 0 Å². The average molecular weight is 250 g/mol. The van der Waals surface area contributed by atoms with Crippen molar-refractivity contribution < 1.29 is 9.18 Å². The van der Waals surface area contributed by atoms with Crippen molar-refractivity contribution in [1.82, 2.24) is 5.32 Å². The summed E-state index contributed by atoms with van der Waals surface area (Å²) in [5.74, 6) is -0.314. The number of hydrogen-bond acceptors (Lipinski definition) is 2. The van der Waals surface area contributed by atoms with E-state index in [-0.39, 0.29) is 17.8 Å². The summed E-state index contributed by atoms with van der Waals surface area (Å²) in [7, 11) is 0. The van der Waals surface area contributed by atoms with E-state index in [0.29, 0.717) is 11.7 Å². The number of hydrogen-bond donors (Lipinski definition) is 2. The van der Waals surface area contributed by atoms with Gasteiger partial charge >= 0.3 is 0 Å². The van der Waals surface area contributed by atoms with Gasteiger partial charge in [-0.3, -0.25) is 4.79 Å². The van der Waals surface area contributed by atoms with E-state index in [0.717, 1.165) is 24.8 Å². The summed E-state index contributed by atoms with van der Waals surface area (Å²) in [4.78, 5) is 12.1. The summed E-state index contributed by atoms with van der Waals surface area (Å²) in [6.45, 7) is 3.87. The molecular weight excluding hydrogens is 231 g/mol. The normalized spacial score (nSPS) is 23.7. The number of anilines is 1. The second kappa shape index (κ2) is 5.48. The first-order valence-corrected chi connectivity index (χ1v) is 6.39. The Morgan fingerprint density at radius 1 is 1.44 bits per heavy atom. The van der Waals surface area contributed by atoms with Gasteiger partial charge in [0.1, 0.15) is 5.82 Å². The van der Waals surface area contributed by atoms with Gasteiger partial charge in [0.05, 0.1) is 6.04 Å². The average Bonchev–Trinajstić information content (AvgIpc) is 2.32. The number of carbonyl (C=O) groups excluding carboxylic acids is 1. The standard InChI is InChI=1S/C14H19FN2O/c1-9-8-11(15)6-7-12(9)17-14(18)13-5-3-4-10(2)16-13/h6-8,10,13,16H,3-5H2,1-2H3,(H,17,18). The van der Waals surface area contributed by atoms with Crippen molar-refractivity contribution >= 4 is 11.6 Å². The van der Waals surface area contributed by atoms with Crippen molar-refractivity contribution in [2.45, 2.75) is 45.2 Å². The molecule has 0 radical (unpaired) electrons. The van der Waals surface area contributed by atoms with Gasteiger partial charge in [-0.2, -0.15) is 0 Å². The molecule has 0 bridgehead atoms. The highest BCUT2D eigenvalue weighted by Crippen LogP contribution is 2.18. The van der Waals surface area contributed by atoms with Crippen LogP contribution >= 0.6 is 0 Å². The van der Waals surface area contributed by atoms with E-state index in [2.05, 4.69) is 17.6 Å². The first-order valence-electron chi connectivity index (χ1n) is 6.39. The van der Waals surface area contributed by atoms with Crippen LogP contribution in [0.1, 0.15) is 31.7 Å². The molecule has 1 fully saturated rings. The van der Waals surface area contributed by atoms with E-state index < -0.39 is 0 Å². The Balaban J connectivity index is 2.02. The number of rotatable bonds is 2. The maximum Gasteiger partial charge on any atom is 0.241 e. The first kappa shape index (κ1) is 13.0. The largest absolute Gasteiger partial charge is 0.324 e. The fourth-order valence-electron chi connectivity index (χ4n) is 2.33. The quantitative estimate of drug-likeness (QED) is 0.847. The molecule has 2 N–H and O–H groups in total. The fraction of sp³-hybridized carbons (Fsp3) is 0.500. The first-order chi connectivity index (χ1) is 8.56. The Morgan fingerprint density at radius 2 is 2.22 bits per heavy atom. The van der Waals surface area contributed by atoms with Crippen LogP contribution in [0.4, 0.5) is 10.1 Å². The summed E-state index contributed by atoms with van der Waals surface area (Å²) >= 11 is 0. The number of benzene rings is 1. The Labute approximate surface area is 107 Å². The highest BCUT2D eigenvalue weighted by molar-refractivity contribution is 5.95. The molecule has 1 aliphatic heterocycles. The summed E-state index contributed by atoms with van der Waals surface area (Å²) < 4.78 is 13.0. The van der Waals surface area contributed by atoms with Gasteiger partial charge in [0.15, 0.2) is 0 Å². The molecule has 1 aromatic rings. The molecule has 0 aliphatic carbocycles. The minimum atomic E-state index is -0.282. The second-order valence-corrected chi connectivity index (χ2v) is 5.00. The van der Waals surface area contributed by atoms with Crippen LogP contribution in [0.2, 0.25) is 0 Å². The van der Waals surface area contributed by atoms with Crippen LogP contribution < -0.4 is 10.6 Å². The monoisotopic (exact) mass is 250 g/mol. The van der Waals surface area contributed by atoms with Gasteiger partial charge in [0.2, 0.25) is 5.91 Å². The highest BCUT2D eigenvalue weighted by Gasteiger charge is 2.24. The zero-order valence-corrected chi connectivity index (χ0v) is 10.8. The van der Waals surface area contributed by atoms with Gasteiger partial charge in [0, 0.05) is 11.7 Å². The third-order valence-corrected chi connectivity index (χ3v) is 3.38. The molecule has 0 aromatic heterocycles. The smallest absolute Gasteiger partial charge is 0.241 e. The Kier molecular flexibility index (Phi) is 3.97. The molecule has 98 valence electrons. The Hall–Kier alpha value is -1.42. The zero-order chi connectivity index (χ0) is 13.1. The lowest BCUT2D eigenvalue weighted by Crippen LogP contribution is -2.47. The molecule has 2 atom stereocenters. The van der Waals surface area contributed by atoms with Crippen LogP contribution in [-0.2, 0) is 4.79 Å². The molecule has 1 aliphatic rings. The number of aryl methyl sites for hydroxylation is 1. The molecule has 1 aromatic carbocycles. The molecule has 3 nitrogen and oxygen atoms in total. The van der Waals surface area contributed by atoms with Gasteiger partial charge in [-0.1, -0.05) is 0 Å². The maximum absolute atomic E-state index is 13.0. The molecule has 2 unspecified atom stereocenters. The van der Waals surface area contributed by atoms with Crippen molar-refractivity contribution in [3.63, 3.8) is 0 Å². The predicted octanol–water partition coefficient (Wildman–Crippen LogP) is 2.60. The van der Waals surface area contributed by atoms with E-state index in [1.807, 2.05) is 0 Å². The molecule has 1 saturated heterocycles. The number of halogens is 1. The minimum Gasteiger partial charge on any atom is -0.324 e. The third-order valence-electron chi connectivity index (χ3n) is 3.38. The maximum atomic E-state index is 13.0. The molecule has 1 amide bonds. The molecule has 4 heteroatoms. The predicted molar refractivity (Wildman–Crippen MR) is 70.0 cm³/mol. The van der Waals surface area contributed by atoms with Gasteiger partial charge in [-0.15, -0.1) is 0 Å². The molecule has 2 rings (SSSR count). The molecule has 1 heterocycles. The molecule has 0 spiro atoms. The summed E-state index contributed by atoms with van der Waals surface area (Å²) in [5.41, 5.74) is 1.42. The fourth-order valence-corrected chi connectivity index (χ4v) is 2.33. The summed E-state index contributed by atoms with van der Waals surface area (Å²) in [5, 5.41) is 6.14. The minimum absolute atomic E-state index is 0.0312. The van der Waals surface area contributed by atoms with Crippen LogP contribution in [0.5, 0.6) is 0 Å².